The van der Waals surface area contributed by atoms with Gasteiger partial charge >= 0.3 is 12.1 Å². The summed E-state index contributed by atoms with van der Waals surface area (Å²) in [5, 5.41) is 2.75. The van der Waals surface area contributed by atoms with Crippen LogP contribution >= 0.6 is 15.9 Å². The van der Waals surface area contributed by atoms with Crippen molar-refractivity contribution < 1.29 is 18.7 Å². The SMILES string of the molecule is Cc1c(NC(=O)N2CCN(C(=O)OC(C)(C)C)CC2C)ccc(Br)c1F. The molecule has 1 saturated heterocycles. The lowest BCUT2D eigenvalue weighted by atomic mass is 10.2. The molecule has 3 amide bonds. The van der Waals surface area contributed by atoms with Crippen molar-refractivity contribution in [3.05, 3.63) is 28.0 Å². The molecule has 1 unspecified atom stereocenters. The Morgan fingerprint density at radius 1 is 1.31 bits per heavy atom. The average molecular weight is 430 g/mol. The molecule has 8 heteroatoms. The van der Waals surface area contributed by atoms with E-state index in [2.05, 4.69) is 21.2 Å². The standard InChI is InChI=1S/C18H25BrFN3O3/c1-11-10-22(17(25)26-18(3,4)5)8-9-23(11)16(24)21-14-7-6-13(19)15(20)12(14)2/h6-7,11H,8-10H2,1-5H3,(H,21,24). The first-order valence-electron chi connectivity index (χ1n) is 8.49. The Morgan fingerprint density at radius 3 is 2.54 bits per heavy atom. The molecule has 1 aromatic carbocycles. The van der Waals surface area contributed by atoms with E-state index in [9.17, 15) is 14.0 Å². The van der Waals surface area contributed by atoms with Crippen molar-refractivity contribution in [2.75, 3.05) is 25.0 Å². The third kappa shape index (κ3) is 4.87. The lowest BCUT2D eigenvalue weighted by Crippen LogP contribution is -2.57. The van der Waals surface area contributed by atoms with E-state index in [4.69, 9.17) is 4.74 Å². The molecule has 144 valence electrons. The zero-order valence-corrected chi connectivity index (χ0v) is 17.3. The zero-order valence-electron chi connectivity index (χ0n) is 15.7. The predicted molar refractivity (Wildman–Crippen MR) is 102 cm³/mol. The molecule has 1 atom stereocenters. The molecule has 0 bridgehead atoms. The largest absolute Gasteiger partial charge is 0.444 e. The van der Waals surface area contributed by atoms with Gasteiger partial charge in [0, 0.05) is 36.9 Å². The van der Waals surface area contributed by atoms with E-state index in [1.807, 2.05) is 27.7 Å². The maximum Gasteiger partial charge on any atom is 0.410 e. The number of urea groups is 1. The molecule has 1 N–H and O–H groups in total. The number of ether oxygens (including phenoxy) is 1. The normalized spacial score (nSPS) is 17.9. The number of halogens is 2. The van der Waals surface area contributed by atoms with E-state index in [1.54, 1.807) is 28.9 Å². The van der Waals surface area contributed by atoms with Gasteiger partial charge in [0.2, 0.25) is 0 Å². The summed E-state index contributed by atoms with van der Waals surface area (Å²) in [5.41, 5.74) is 0.239. The van der Waals surface area contributed by atoms with Crippen LogP contribution in [0, 0.1) is 12.7 Å². The molecule has 0 aromatic heterocycles. The first-order valence-corrected chi connectivity index (χ1v) is 9.29. The summed E-state index contributed by atoms with van der Waals surface area (Å²) >= 11 is 3.13. The number of piperazine rings is 1. The van der Waals surface area contributed by atoms with Crippen LogP contribution in [0.15, 0.2) is 16.6 Å². The molecule has 1 heterocycles. The number of nitrogens with one attached hydrogen (secondary N) is 1. The summed E-state index contributed by atoms with van der Waals surface area (Å²) in [7, 11) is 0. The van der Waals surface area contributed by atoms with Gasteiger partial charge in [-0.2, -0.15) is 0 Å². The average Bonchev–Trinajstić information content (AvgIpc) is 2.53. The summed E-state index contributed by atoms with van der Waals surface area (Å²) in [4.78, 5) is 28.0. The maximum absolute atomic E-state index is 14.0. The van der Waals surface area contributed by atoms with Crippen molar-refractivity contribution in [1.82, 2.24) is 9.80 Å². The number of benzene rings is 1. The van der Waals surface area contributed by atoms with Crippen LogP contribution in [0.25, 0.3) is 0 Å². The van der Waals surface area contributed by atoms with E-state index in [1.165, 1.54) is 0 Å². The van der Waals surface area contributed by atoms with Crippen molar-refractivity contribution in [3.63, 3.8) is 0 Å². The third-order valence-electron chi connectivity index (χ3n) is 4.12. The van der Waals surface area contributed by atoms with Gasteiger partial charge in [-0.05, 0) is 62.7 Å². The summed E-state index contributed by atoms with van der Waals surface area (Å²) in [6.45, 7) is 10.1. The highest BCUT2D eigenvalue weighted by molar-refractivity contribution is 9.10. The topological polar surface area (TPSA) is 61.9 Å². The molecular formula is C18H25BrFN3O3. The quantitative estimate of drug-likeness (QED) is 0.720. The Kier molecular flexibility index (Phi) is 6.16. The van der Waals surface area contributed by atoms with Gasteiger partial charge in [-0.1, -0.05) is 0 Å². The number of rotatable bonds is 1. The van der Waals surface area contributed by atoms with Crippen LogP contribution in [-0.2, 0) is 4.74 Å². The van der Waals surface area contributed by atoms with Crippen LogP contribution < -0.4 is 5.32 Å². The molecule has 1 fully saturated rings. The van der Waals surface area contributed by atoms with Gasteiger partial charge in [0.25, 0.3) is 0 Å². The minimum atomic E-state index is -0.558. The van der Waals surface area contributed by atoms with Crippen LogP contribution in [0.3, 0.4) is 0 Å². The zero-order chi connectivity index (χ0) is 19.6. The van der Waals surface area contributed by atoms with Gasteiger partial charge in [0.15, 0.2) is 0 Å². The Hall–Kier alpha value is -1.83. The minimum Gasteiger partial charge on any atom is -0.444 e. The number of amides is 3. The molecule has 6 nitrogen and oxygen atoms in total. The first-order chi connectivity index (χ1) is 12.0. The summed E-state index contributed by atoms with van der Waals surface area (Å²) in [6.07, 6.45) is -0.379. The van der Waals surface area contributed by atoms with Gasteiger partial charge in [-0.15, -0.1) is 0 Å². The van der Waals surface area contributed by atoms with E-state index in [-0.39, 0.29) is 18.2 Å². The molecule has 1 aliphatic heterocycles. The van der Waals surface area contributed by atoms with Gasteiger partial charge < -0.3 is 19.9 Å². The highest BCUT2D eigenvalue weighted by atomic mass is 79.9. The molecule has 2 rings (SSSR count). The van der Waals surface area contributed by atoms with Crippen LogP contribution in [-0.4, -0.2) is 53.2 Å². The fraction of sp³-hybridized carbons (Fsp3) is 0.556. The summed E-state index contributed by atoms with van der Waals surface area (Å²) in [6, 6.07) is 2.71. The Bertz CT molecular complexity index is 706. The summed E-state index contributed by atoms with van der Waals surface area (Å²) < 4.78 is 19.7. The van der Waals surface area contributed by atoms with Crippen molar-refractivity contribution in [3.8, 4) is 0 Å². The van der Waals surface area contributed by atoms with E-state index < -0.39 is 11.4 Å². The number of carbonyl (C=O) groups excluding carboxylic acids is 2. The van der Waals surface area contributed by atoms with Crippen LogP contribution in [0.5, 0.6) is 0 Å². The van der Waals surface area contributed by atoms with Gasteiger partial charge in [0.05, 0.1) is 4.47 Å². The first kappa shape index (κ1) is 20.5. The van der Waals surface area contributed by atoms with Crippen molar-refractivity contribution in [2.24, 2.45) is 0 Å². The number of anilines is 1. The second-order valence-corrected chi connectivity index (χ2v) is 8.29. The number of hydrogen-bond acceptors (Lipinski definition) is 3. The second kappa shape index (κ2) is 7.82. The fourth-order valence-corrected chi connectivity index (χ4v) is 3.16. The summed E-state index contributed by atoms with van der Waals surface area (Å²) in [5.74, 6) is -0.398. The monoisotopic (exact) mass is 429 g/mol. The Labute approximate surface area is 161 Å². The van der Waals surface area contributed by atoms with Crippen molar-refractivity contribution in [1.29, 1.82) is 0 Å². The molecule has 0 spiro atoms. The van der Waals surface area contributed by atoms with Crippen molar-refractivity contribution >= 4 is 33.7 Å². The molecule has 0 saturated carbocycles. The lowest BCUT2D eigenvalue weighted by Gasteiger charge is -2.40. The molecular weight excluding hydrogens is 405 g/mol. The predicted octanol–water partition coefficient (Wildman–Crippen LogP) is 4.37. The van der Waals surface area contributed by atoms with Gasteiger partial charge in [-0.25, -0.2) is 14.0 Å². The Morgan fingerprint density at radius 2 is 1.96 bits per heavy atom. The molecule has 0 aliphatic carbocycles. The minimum absolute atomic E-state index is 0.183. The fourth-order valence-electron chi connectivity index (χ4n) is 2.73. The van der Waals surface area contributed by atoms with Gasteiger partial charge in [-0.3, -0.25) is 0 Å². The van der Waals surface area contributed by atoms with Crippen LogP contribution in [0.4, 0.5) is 19.7 Å². The van der Waals surface area contributed by atoms with Crippen molar-refractivity contribution in [2.45, 2.75) is 46.3 Å². The van der Waals surface area contributed by atoms with E-state index >= 15 is 0 Å². The highest BCUT2D eigenvalue weighted by Gasteiger charge is 2.32. The number of hydrogen-bond donors (Lipinski definition) is 1. The molecule has 1 aromatic rings. The Balaban J connectivity index is 2.00. The second-order valence-electron chi connectivity index (χ2n) is 7.43. The van der Waals surface area contributed by atoms with Crippen LogP contribution in [0.1, 0.15) is 33.3 Å². The van der Waals surface area contributed by atoms with Crippen LogP contribution in [0.2, 0.25) is 0 Å². The van der Waals surface area contributed by atoms with Gasteiger partial charge in [0.1, 0.15) is 11.4 Å². The van der Waals surface area contributed by atoms with E-state index in [0.717, 1.165) is 0 Å². The number of nitrogens with zero attached hydrogens (tertiary/aromatic N) is 2. The molecule has 26 heavy (non-hydrogen) atoms. The maximum atomic E-state index is 14.0. The molecule has 1 aliphatic rings. The third-order valence-corrected chi connectivity index (χ3v) is 4.73. The number of carbonyl (C=O) groups is 2. The van der Waals surface area contributed by atoms with E-state index in [0.29, 0.717) is 35.4 Å². The molecule has 0 radical (unpaired) electrons. The lowest BCUT2D eigenvalue weighted by molar-refractivity contribution is 0.0112. The smallest absolute Gasteiger partial charge is 0.410 e. The highest BCUT2D eigenvalue weighted by Crippen LogP contribution is 2.25.